The minimum Gasteiger partial charge on any atom is -0.464 e. The Morgan fingerprint density at radius 3 is 2.73 bits per heavy atom. The molecule has 0 saturated carbocycles. The number of aromatic nitrogens is 3. The number of halogens is 2. The fraction of sp³-hybridized carbons (Fsp3) is 0.286. The molecule has 0 fully saturated rings. The van der Waals surface area contributed by atoms with Gasteiger partial charge in [0.1, 0.15) is 30.9 Å². The Hall–Kier alpha value is -2.64. The van der Waals surface area contributed by atoms with Crippen LogP contribution in [0.4, 0.5) is 8.78 Å². The number of Topliss-reactive ketones (excluding diaryl/α,β-unsaturated/α-hetero) is 1. The summed E-state index contributed by atoms with van der Waals surface area (Å²) in [7, 11) is 0. The fourth-order valence-corrected chi connectivity index (χ4v) is 1.74. The zero-order chi connectivity index (χ0) is 15.9. The zero-order valence-corrected chi connectivity index (χ0v) is 11.5. The van der Waals surface area contributed by atoms with Crippen molar-refractivity contribution in [3.05, 3.63) is 48.1 Å². The van der Waals surface area contributed by atoms with Crippen LogP contribution in [0, 0.1) is 11.6 Å². The van der Waals surface area contributed by atoms with Crippen molar-refractivity contribution >= 4 is 11.8 Å². The summed E-state index contributed by atoms with van der Waals surface area (Å²) in [6.45, 7) is 0.452. The Labute approximate surface area is 124 Å². The van der Waals surface area contributed by atoms with Gasteiger partial charge in [-0.05, 0) is 12.1 Å². The van der Waals surface area contributed by atoms with Crippen LogP contribution in [0.5, 0.6) is 0 Å². The number of rotatable bonds is 7. The first kappa shape index (κ1) is 15.7. The van der Waals surface area contributed by atoms with Gasteiger partial charge in [0.15, 0.2) is 5.78 Å². The number of carbonyl (C=O) groups is 2. The van der Waals surface area contributed by atoms with E-state index in [1.54, 1.807) is 0 Å². The molecule has 1 aromatic carbocycles. The topological polar surface area (TPSA) is 74.1 Å². The lowest BCUT2D eigenvalue weighted by Gasteiger charge is -2.05. The van der Waals surface area contributed by atoms with E-state index in [4.69, 9.17) is 4.74 Å². The predicted octanol–water partition coefficient (Wildman–Crippen LogP) is 1.76. The van der Waals surface area contributed by atoms with Gasteiger partial charge in [0.2, 0.25) is 0 Å². The third-order valence-corrected chi connectivity index (χ3v) is 2.84. The SMILES string of the molecule is O=C(CCC(=O)c1ccc(F)cc1F)OCCn1cncn1. The van der Waals surface area contributed by atoms with E-state index in [1.165, 1.54) is 17.3 Å². The third kappa shape index (κ3) is 4.44. The van der Waals surface area contributed by atoms with Crippen LogP contribution in [0.25, 0.3) is 0 Å². The number of hydrogen-bond donors (Lipinski definition) is 0. The summed E-state index contributed by atoms with van der Waals surface area (Å²) in [5, 5.41) is 3.83. The first-order valence-corrected chi connectivity index (χ1v) is 6.52. The molecule has 22 heavy (non-hydrogen) atoms. The van der Waals surface area contributed by atoms with E-state index in [0.29, 0.717) is 12.6 Å². The maximum atomic E-state index is 13.4. The van der Waals surface area contributed by atoms with Crippen LogP contribution in [0.2, 0.25) is 0 Å². The molecule has 0 aliphatic rings. The van der Waals surface area contributed by atoms with E-state index >= 15 is 0 Å². The molecule has 116 valence electrons. The van der Waals surface area contributed by atoms with Crippen LogP contribution in [-0.4, -0.2) is 33.1 Å². The number of benzene rings is 1. The molecular formula is C14H13F2N3O3. The number of carbonyl (C=O) groups excluding carboxylic acids is 2. The van der Waals surface area contributed by atoms with Crippen LogP contribution in [0.15, 0.2) is 30.9 Å². The van der Waals surface area contributed by atoms with E-state index < -0.39 is 23.4 Å². The average molecular weight is 309 g/mol. The molecule has 0 bridgehead atoms. The molecule has 0 atom stereocenters. The molecule has 8 heteroatoms. The van der Waals surface area contributed by atoms with Crippen molar-refractivity contribution in [2.24, 2.45) is 0 Å². The van der Waals surface area contributed by atoms with Crippen LogP contribution in [0.3, 0.4) is 0 Å². The van der Waals surface area contributed by atoms with Gasteiger partial charge < -0.3 is 4.74 Å². The molecule has 0 amide bonds. The highest BCUT2D eigenvalue weighted by molar-refractivity contribution is 5.97. The monoisotopic (exact) mass is 309 g/mol. The molecule has 0 N–H and O–H groups in total. The highest BCUT2D eigenvalue weighted by atomic mass is 19.1. The predicted molar refractivity (Wildman–Crippen MR) is 70.9 cm³/mol. The molecule has 0 aliphatic carbocycles. The first-order valence-electron chi connectivity index (χ1n) is 6.52. The summed E-state index contributed by atoms with van der Waals surface area (Å²) in [6, 6.07) is 2.68. The number of nitrogens with zero attached hydrogens (tertiary/aromatic N) is 3. The van der Waals surface area contributed by atoms with Crippen molar-refractivity contribution in [2.45, 2.75) is 19.4 Å². The third-order valence-electron chi connectivity index (χ3n) is 2.84. The minimum atomic E-state index is -0.940. The van der Waals surface area contributed by atoms with Crippen molar-refractivity contribution in [1.82, 2.24) is 14.8 Å². The second kappa shape index (κ2) is 7.39. The highest BCUT2D eigenvalue weighted by Crippen LogP contribution is 2.13. The van der Waals surface area contributed by atoms with Gasteiger partial charge in [0, 0.05) is 12.5 Å². The Morgan fingerprint density at radius 2 is 2.05 bits per heavy atom. The zero-order valence-electron chi connectivity index (χ0n) is 11.5. The Morgan fingerprint density at radius 1 is 1.23 bits per heavy atom. The second-order valence-electron chi connectivity index (χ2n) is 4.43. The summed E-state index contributed by atoms with van der Waals surface area (Å²) < 4.78 is 32.5. The summed E-state index contributed by atoms with van der Waals surface area (Å²) in [6.07, 6.45) is 2.46. The molecule has 1 heterocycles. The molecule has 2 rings (SSSR count). The molecule has 0 saturated heterocycles. The second-order valence-corrected chi connectivity index (χ2v) is 4.43. The maximum Gasteiger partial charge on any atom is 0.306 e. The summed E-state index contributed by atoms with van der Waals surface area (Å²) in [4.78, 5) is 27.0. The van der Waals surface area contributed by atoms with Crippen molar-refractivity contribution in [1.29, 1.82) is 0 Å². The van der Waals surface area contributed by atoms with Gasteiger partial charge in [-0.15, -0.1) is 0 Å². The van der Waals surface area contributed by atoms with Crippen molar-refractivity contribution < 1.29 is 23.1 Å². The number of esters is 1. The largest absolute Gasteiger partial charge is 0.464 e. The van der Waals surface area contributed by atoms with E-state index in [1.807, 2.05) is 0 Å². The van der Waals surface area contributed by atoms with E-state index in [0.717, 1.165) is 12.1 Å². The minimum absolute atomic E-state index is 0.0985. The van der Waals surface area contributed by atoms with Crippen LogP contribution in [0.1, 0.15) is 23.2 Å². The molecule has 0 radical (unpaired) electrons. The van der Waals surface area contributed by atoms with Crippen molar-refractivity contribution in [3.8, 4) is 0 Å². The summed E-state index contributed by atoms with van der Waals surface area (Å²) in [5.41, 5.74) is -0.239. The molecular weight excluding hydrogens is 296 g/mol. The molecule has 2 aromatic rings. The van der Waals surface area contributed by atoms with Gasteiger partial charge in [0.25, 0.3) is 0 Å². The molecule has 0 aliphatic heterocycles. The van der Waals surface area contributed by atoms with E-state index in [-0.39, 0.29) is 25.0 Å². The Balaban J connectivity index is 1.74. The normalized spacial score (nSPS) is 10.5. The first-order chi connectivity index (χ1) is 10.6. The highest BCUT2D eigenvalue weighted by Gasteiger charge is 2.14. The Kier molecular flexibility index (Phi) is 5.29. The van der Waals surface area contributed by atoms with Gasteiger partial charge in [0.05, 0.1) is 18.5 Å². The lowest BCUT2D eigenvalue weighted by Crippen LogP contribution is -2.13. The van der Waals surface area contributed by atoms with Gasteiger partial charge in [-0.3, -0.25) is 9.59 Å². The summed E-state index contributed by atoms with van der Waals surface area (Å²) in [5.74, 6) is -2.85. The van der Waals surface area contributed by atoms with Gasteiger partial charge in [-0.25, -0.2) is 18.4 Å². The van der Waals surface area contributed by atoms with Gasteiger partial charge >= 0.3 is 5.97 Å². The van der Waals surface area contributed by atoms with Gasteiger partial charge in [-0.1, -0.05) is 0 Å². The van der Waals surface area contributed by atoms with E-state index in [2.05, 4.69) is 10.1 Å². The number of hydrogen-bond acceptors (Lipinski definition) is 5. The number of ketones is 1. The quantitative estimate of drug-likeness (QED) is 0.575. The molecule has 6 nitrogen and oxygen atoms in total. The fourth-order valence-electron chi connectivity index (χ4n) is 1.74. The van der Waals surface area contributed by atoms with E-state index in [9.17, 15) is 18.4 Å². The average Bonchev–Trinajstić information content (AvgIpc) is 2.98. The van der Waals surface area contributed by atoms with Crippen LogP contribution >= 0.6 is 0 Å². The molecule has 0 unspecified atom stereocenters. The van der Waals surface area contributed by atoms with Crippen molar-refractivity contribution in [2.75, 3.05) is 6.61 Å². The van der Waals surface area contributed by atoms with Crippen LogP contribution in [-0.2, 0) is 16.1 Å². The lowest BCUT2D eigenvalue weighted by molar-refractivity contribution is -0.143. The maximum absolute atomic E-state index is 13.4. The van der Waals surface area contributed by atoms with Crippen molar-refractivity contribution in [3.63, 3.8) is 0 Å². The standard InChI is InChI=1S/C14H13F2N3O3/c15-10-1-2-11(12(16)7-10)13(20)3-4-14(21)22-6-5-19-9-17-8-18-19/h1-2,7-9H,3-6H2. The molecule has 1 aromatic heterocycles. The lowest BCUT2D eigenvalue weighted by atomic mass is 10.1. The molecule has 0 spiro atoms. The van der Waals surface area contributed by atoms with Crippen LogP contribution < -0.4 is 0 Å². The Bertz CT molecular complexity index is 659. The summed E-state index contributed by atoms with van der Waals surface area (Å²) >= 11 is 0. The van der Waals surface area contributed by atoms with Gasteiger partial charge in [-0.2, -0.15) is 5.10 Å². The number of ether oxygens (including phenoxy) is 1. The smallest absolute Gasteiger partial charge is 0.306 e.